The predicted molar refractivity (Wildman–Crippen MR) is 47.9 cm³/mol. The maximum absolute atomic E-state index is 11.3. The highest BCUT2D eigenvalue weighted by molar-refractivity contribution is 5.94. The van der Waals surface area contributed by atoms with Crippen LogP contribution in [0, 0.1) is 0 Å². The second kappa shape index (κ2) is 4.45. The zero-order valence-corrected chi connectivity index (χ0v) is 7.69. The van der Waals surface area contributed by atoms with Crippen LogP contribution in [-0.2, 0) is 4.79 Å². The SMILES string of the molecule is CC[C@H](NC(=O)c1ccco1)C(=O)O. The molecular formula is C9H11NO4. The molecule has 76 valence electrons. The molecule has 2 N–H and O–H groups in total. The summed E-state index contributed by atoms with van der Waals surface area (Å²) in [5.41, 5.74) is 0. The van der Waals surface area contributed by atoms with Gasteiger partial charge in [-0.15, -0.1) is 0 Å². The van der Waals surface area contributed by atoms with E-state index in [1.165, 1.54) is 12.3 Å². The summed E-state index contributed by atoms with van der Waals surface area (Å²) in [6.07, 6.45) is 1.69. The highest BCUT2D eigenvalue weighted by Gasteiger charge is 2.19. The highest BCUT2D eigenvalue weighted by atomic mass is 16.4. The molecule has 0 radical (unpaired) electrons. The van der Waals surface area contributed by atoms with E-state index in [9.17, 15) is 9.59 Å². The van der Waals surface area contributed by atoms with Crippen molar-refractivity contribution >= 4 is 11.9 Å². The lowest BCUT2D eigenvalue weighted by molar-refractivity contribution is -0.139. The van der Waals surface area contributed by atoms with Gasteiger partial charge in [0.25, 0.3) is 5.91 Å². The average molecular weight is 197 g/mol. The van der Waals surface area contributed by atoms with Crippen LogP contribution in [0.15, 0.2) is 22.8 Å². The average Bonchev–Trinajstić information content (AvgIpc) is 2.65. The van der Waals surface area contributed by atoms with E-state index in [4.69, 9.17) is 9.52 Å². The number of carbonyl (C=O) groups is 2. The van der Waals surface area contributed by atoms with E-state index in [1.54, 1.807) is 13.0 Å². The Labute approximate surface area is 80.7 Å². The van der Waals surface area contributed by atoms with Crippen LogP contribution in [0.1, 0.15) is 23.9 Å². The van der Waals surface area contributed by atoms with Crippen LogP contribution in [0.2, 0.25) is 0 Å². The van der Waals surface area contributed by atoms with Gasteiger partial charge >= 0.3 is 5.97 Å². The molecule has 0 unspecified atom stereocenters. The second-order valence-corrected chi connectivity index (χ2v) is 2.75. The number of rotatable bonds is 4. The molecule has 5 nitrogen and oxygen atoms in total. The van der Waals surface area contributed by atoms with Crippen LogP contribution in [0.5, 0.6) is 0 Å². The molecule has 0 saturated heterocycles. The summed E-state index contributed by atoms with van der Waals surface area (Å²) < 4.78 is 4.82. The lowest BCUT2D eigenvalue weighted by atomic mass is 10.2. The number of furan rings is 1. The predicted octanol–water partition coefficient (Wildman–Crippen LogP) is 0.873. The van der Waals surface area contributed by atoms with Crippen molar-refractivity contribution in [3.63, 3.8) is 0 Å². The van der Waals surface area contributed by atoms with E-state index >= 15 is 0 Å². The van der Waals surface area contributed by atoms with Crippen LogP contribution in [0.3, 0.4) is 0 Å². The molecule has 0 aliphatic carbocycles. The molecule has 0 aromatic carbocycles. The number of aliphatic carboxylic acids is 1. The van der Waals surface area contributed by atoms with E-state index in [0.29, 0.717) is 6.42 Å². The molecule has 1 atom stereocenters. The van der Waals surface area contributed by atoms with E-state index in [0.717, 1.165) is 0 Å². The largest absolute Gasteiger partial charge is 0.480 e. The summed E-state index contributed by atoms with van der Waals surface area (Å²) in [7, 11) is 0. The first-order valence-corrected chi connectivity index (χ1v) is 4.22. The zero-order valence-electron chi connectivity index (χ0n) is 7.69. The van der Waals surface area contributed by atoms with Crippen molar-refractivity contribution in [1.82, 2.24) is 5.32 Å². The first kappa shape index (κ1) is 10.3. The molecule has 0 saturated carbocycles. The number of hydrogen-bond acceptors (Lipinski definition) is 3. The van der Waals surface area contributed by atoms with Gasteiger partial charge < -0.3 is 14.8 Å². The monoisotopic (exact) mass is 197 g/mol. The molecule has 1 rings (SSSR count). The molecule has 1 amide bonds. The Morgan fingerprint density at radius 1 is 1.64 bits per heavy atom. The maximum Gasteiger partial charge on any atom is 0.326 e. The van der Waals surface area contributed by atoms with Crippen LogP contribution >= 0.6 is 0 Å². The summed E-state index contributed by atoms with van der Waals surface area (Å²) in [5.74, 6) is -1.44. The summed E-state index contributed by atoms with van der Waals surface area (Å²) in [5, 5.41) is 11.0. The summed E-state index contributed by atoms with van der Waals surface area (Å²) in [6.45, 7) is 1.68. The number of nitrogens with one attached hydrogen (secondary N) is 1. The minimum Gasteiger partial charge on any atom is -0.480 e. The van der Waals surface area contributed by atoms with Crippen molar-refractivity contribution in [2.45, 2.75) is 19.4 Å². The molecule has 0 aliphatic rings. The number of carboxylic acids is 1. The fraction of sp³-hybridized carbons (Fsp3) is 0.333. The number of amides is 1. The second-order valence-electron chi connectivity index (χ2n) is 2.75. The Kier molecular flexibility index (Phi) is 3.28. The summed E-state index contributed by atoms with van der Waals surface area (Å²) in [6, 6.07) is 2.17. The third-order valence-electron chi connectivity index (χ3n) is 1.76. The Hall–Kier alpha value is -1.78. The fourth-order valence-electron chi connectivity index (χ4n) is 0.976. The van der Waals surface area contributed by atoms with E-state index < -0.39 is 17.9 Å². The zero-order chi connectivity index (χ0) is 10.6. The van der Waals surface area contributed by atoms with E-state index in [1.807, 2.05) is 0 Å². The van der Waals surface area contributed by atoms with Gasteiger partial charge in [0, 0.05) is 0 Å². The molecule has 5 heteroatoms. The van der Waals surface area contributed by atoms with Crippen molar-refractivity contribution in [2.24, 2.45) is 0 Å². The van der Waals surface area contributed by atoms with Crippen molar-refractivity contribution in [3.05, 3.63) is 24.2 Å². The molecule has 0 bridgehead atoms. The van der Waals surface area contributed by atoms with Crippen LogP contribution in [0.25, 0.3) is 0 Å². The lowest BCUT2D eigenvalue weighted by Crippen LogP contribution is -2.40. The Morgan fingerprint density at radius 3 is 2.79 bits per heavy atom. The molecule has 1 aromatic heterocycles. The topological polar surface area (TPSA) is 79.5 Å². The van der Waals surface area contributed by atoms with Gasteiger partial charge in [-0.25, -0.2) is 4.79 Å². The first-order chi connectivity index (χ1) is 6.65. The van der Waals surface area contributed by atoms with Gasteiger partial charge in [-0.1, -0.05) is 6.92 Å². The van der Waals surface area contributed by atoms with Crippen molar-refractivity contribution in [2.75, 3.05) is 0 Å². The molecule has 1 heterocycles. The summed E-state index contributed by atoms with van der Waals surface area (Å²) in [4.78, 5) is 21.9. The van der Waals surface area contributed by atoms with E-state index in [-0.39, 0.29) is 5.76 Å². The molecule has 0 aliphatic heterocycles. The standard InChI is InChI=1S/C9H11NO4/c1-2-6(9(12)13)10-8(11)7-4-3-5-14-7/h3-6H,2H2,1H3,(H,10,11)(H,12,13)/t6-/m0/s1. The molecule has 0 fully saturated rings. The maximum atomic E-state index is 11.3. The highest BCUT2D eigenvalue weighted by Crippen LogP contribution is 2.01. The Bertz CT molecular complexity index is 318. The smallest absolute Gasteiger partial charge is 0.326 e. The van der Waals surface area contributed by atoms with Crippen LogP contribution < -0.4 is 5.32 Å². The molecular weight excluding hydrogens is 186 g/mol. The van der Waals surface area contributed by atoms with Gasteiger partial charge in [0.05, 0.1) is 6.26 Å². The Morgan fingerprint density at radius 2 is 2.36 bits per heavy atom. The van der Waals surface area contributed by atoms with E-state index in [2.05, 4.69) is 5.32 Å². The van der Waals surface area contributed by atoms with Gasteiger partial charge in [0.1, 0.15) is 6.04 Å². The number of carbonyl (C=O) groups excluding carboxylic acids is 1. The van der Waals surface area contributed by atoms with Gasteiger partial charge in [-0.2, -0.15) is 0 Å². The first-order valence-electron chi connectivity index (χ1n) is 4.22. The normalized spacial score (nSPS) is 12.1. The number of carboxylic acid groups (broad SMARTS) is 1. The van der Waals surface area contributed by atoms with Crippen molar-refractivity contribution in [3.8, 4) is 0 Å². The minimum absolute atomic E-state index is 0.115. The van der Waals surface area contributed by atoms with Crippen LogP contribution in [0.4, 0.5) is 0 Å². The third kappa shape index (κ3) is 2.35. The fourth-order valence-corrected chi connectivity index (χ4v) is 0.976. The van der Waals surface area contributed by atoms with Gasteiger partial charge in [-0.3, -0.25) is 4.79 Å². The van der Waals surface area contributed by atoms with Crippen molar-refractivity contribution in [1.29, 1.82) is 0 Å². The van der Waals surface area contributed by atoms with Crippen molar-refractivity contribution < 1.29 is 19.1 Å². The number of hydrogen-bond donors (Lipinski definition) is 2. The summed E-state index contributed by atoms with van der Waals surface area (Å²) >= 11 is 0. The quantitative estimate of drug-likeness (QED) is 0.750. The molecule has 14 heavy (non-hydrogen) atoms. The molecule has 1 aromatic rings. The van der Waals surface area contributed by atoms with Gasteiger partial charge in [-0.05, 0) is 18.6 Å². The third-order valence-corrected chi connectivity index (χ3v) is 1.76. The molecule has 0 spiro atoms. The van der Waals surface area contributed by atoms with Gasteiger partial charge in [0.2, 0.25) is 0 Å². The Balaban J connectivity index is 2.60. The minimum atomic E-state index is -1.05. The van der Waals surface area contributed by atoms with Gasteiger partial charge in [0.15, 0.2) is 5.76 Å². The lowest BCUT2D eigenvalue weighted by Gasteiger charge is -2.10. The van der Waals surface area contributed by atoms with Crippen LogP contribution in [-0.4, -0.2) is 23.0 Å².